The van der Waals surface area contributed by atoms with E-state index >= 15 is 0 Å². The summed E-state index contributed by atoms with van der Waals surface area (Å²) in [5, 5.41) is 8.04. The van der Waals surface area contributed by atoms with Crippen LogP contribution >= 0.6 is 0 Å². The number of carbonyl (C=O) groups excluding carboxylic acids is 1. The molecule has 0 spiro atoms. The molecule has 1 aromatic carbocycles. The third kappa shape index (κ3) is 4.22. The van der Waals surface area contributed by atoms with E-state index in [1.54, 1.807) is 4.90 Å². The number of ether oxygens (including phenoxy) is 1. The fourth-order valence-electron chi connectivity index (χ4n) is 3.54. The van der Waals surface area contributed by atoms with Gasteiger partial charge in [-0.3, -0.25) is 9.20 Å². The minimum Gasteiger partial charge on any atom is -0.484 e. The Labute approximate surface area is 169 Å². The molecule has 0 radical (unpaired) electrons. The van der Waals surface area contributed by atoms with E-state index in [1.807, 2.05) is 0 Å². The van der Waals surface area contributed by atoms with E-state index in [9.17, 15) is 22.4 Å². The molecule has 0 saturated carbocycles. The maximum absolute atomic E-state index is 13.1. The van der Waals surface area contributed by atoms with Gasteiger partial charge in [-0.15, -0.1) is 10.2 Å². The third-order valence-corrected chi connectivity index (χ3v) is 5.07. The number of pyridine rings is 1. The fraction of sp³-hybridized carbons (Fsp3) is 0.350. The summed E-state index contributed by atoms with van der Waals surface area (Å²) >= 11 is 0. The first-order valence-electron chi connectivity index (χ1n) is 9.39. The minimum absolute atomic E-state index is 0.211. The zero-order valence-corrected chi connectivity index (χ0v) is 15.8. The summed E-state index contributed by atoms with van der Waals surface area (Å²) in [6.45, 7) is 0.618. The van der Waals surface area contributed by atoms with Crippen LogP contribution in [0.25, 0.3) is 5.65 Å². The van der Waals surface area contributed by atoms with Crippen molar-refractivity contribution in [3.05, 3.63) is 59.8 Å². The second kappa shape index (κ2) is 7.92. The van der Waals surface area contributed by atoms with Crippen molar-refractivity contribution in [1.29, 1.82) is 0 Å². The van der Waals surface area contributed by atoms with Gasteiger partial charge in [-0.25, -0.2) is 4.39 Å². The predicted molar refractivity (Wildman–Crippen MR) is 98.4 cm³/mol. The van der Waals surface area contributed by atoms with Crippen LogP contribution in [0.1, 0.15) is 30.1 Å². The number of amides is 1. The number of halogens is 4. The Morgan fingerprint density at radius 1 is 1.13 bits per heavy atom. The molecule has 1 amide bonds. The lowest BCUT2D eigenvalue weighted by atomic mass is 9.97. The van der Waals surface area contributed by atoms with E-state index in [0.29, 0.717) is 43.2 Å². The van der Waals surface area contributed by atoms with Crippen molar-refractivity contribution in [3.63, 3.8) is 0 Å². The first kappa shape index (κ1) is 20.1. The SMILES string of the molecule is O=C(COc1ccc(F)cc1)N1CCCC(c2nnc3ccc(C(F)(F)F)cn23)C1. The van der Waals surface area contributed by atoms with E-state index in [1.165, 1.54) is 34.7 Å². The highest BCUT2D eigenvalue weighted by atomic mass is 19.4. The van der Waals surface area contributed by atoms with E-state index in [-0.39, 0.29) is 18.4 Å². The van der Waals surface area contributed by atoms with Crippen molar-refractivity contribution in [2.75, 3.05) is 19.7 Å². The zero-order valence-electron chi connectivity index (χ0n) is 15.8. The molecule has 1 saturated heterocycles. The Balaban J connectivity index is 1.47. The number of piperidine rings is 1. The number of carbonyl (C=O) groups is 1. The maximum atomic E-state index is 13.1. The summed E-state index contributed by atoms with van der Waals surface area (Å²) in [7, 11) is 0. The molecule has 0 aliphatic carbocycles. The van der Waals surface area contributed by atoms with Crippen molar-refractivity contribution in [3.8, 4) is 5.75 Å². The molecule has 0 bridgehead atoms. The number of benzene rings is 1. The summed E-state index contributed by atoms with van der Waals surface area (Å²) in [5.41, 5.74) is -0.464. The summed E-state index contributed by atoms with van der Waals surface area (Å²) < 4.78 is 58.9. The van der Waals surface area contributed by atoms with Gasteiger partial charge in [-0.05, 0) is 49.2 Å². The first-order chi connectivity index (χ1) is 14.3. The molecule has 2 aromatic heterocycles. The van der Waals surface area contributed by atoms with Crippen molar-refractivity contribution in [2.45, 2.75) is 24.9 Å². The Hall–Kier alpha value is -3.17. The van der Waals surface area contributed by atoms with E-state index in [2.05, 4.69) is 10.2 Å². The molecule has 1 fully saturated rings. The van der Waals surface area contributed by atoms with Gasteiger partial charge in [0.25, 0.3) is 5.91 Å². The van der Waals surface area contributed by atoms with Crippen LogP contribution in [0.15, 0.2) is 42.6 Å². The Morgan fingerprint density at radius 3 is 2.63 bits per heavy atom. The summed E-state index contributed by atoms with van der Waals surface area (Å²) in [5.74, 6) is -0.128. The number of aromatic nitrogens is 3. The van der Waals surface area contributed by atoms with Gasteiger partial charge in [-0.1, -0.05) is 0 Å². The summed E-state index contributed by atoms with van der Waals surface area (Å²) in [4.78, 5) is 14.1. The number of hydrogen-bond donors (Lipinski definition) is 0. The Morgan fingerprint density at radius 2 is 1.90 bits per heavy atom. The predicted octanol–water partition coefficient (Wildman–Crippen LogP) is 3.67. The molecule has 6 nitrogen and oxygen atoms in total. The average molecular weight is 422 g/mol. The molecule has 1 aliphatic rings. The normalized spacial score (nSPS) is 17.3. The molecular formula is C20H18F4N4O2. The lowest BCUT2D eigenvalue weighted by Crippen LogP contribution is -2.42. The molecule has 158 valence electrons. The largest absolute Gasteiger partial charge is 0.484 e. The van der Waals surface area contributed by atoms with Crippen LogP contribution in [-0.2, 0) is 11.0 Å². The highest BCUT2D eigenvalue weighted by Crippen LogP contribution is 2.31. The van der Waals surface area contributed by atoms with Crippen LogP contribution < -0.4 is 4.74 Å². The highest BCUT2D eigenvalue weighted by Gasteiger charge is 2.32. The Bertz CT molecular complexity index is 1050. The van der Waals surface area contributed by atoms with Crippen molar-refractivity contribution >= 4 is 11.6 Å². The molecule has 4 rings (SSSR count). The van der Waals surface area contributed by atoms with Gasteiger partial charge in [0, 0.05) is 25.2 Å². The van der Waals surface area contributed by atoms with Gasteiger partial charge >= 0.3 is 6.18 Å². The average Bonchev–Trinajstić information content (AvgIpc) is 3.16. The fourth-order valence-corrected chi connectivity index (χ4v) is 3.54. The van der Waals surface area contributed by atoms with Crippen LogP contribution in [0.2, 0.25) is 0 Å². The quantitative estimate of drug-likeness (QED) is 0.602. The molecule has 1 unspecified atom stereocenters. The standard InChI is InChI=1S/C20H18F4N4O2/c21-15-4-6-16(7-5-15)30-12-18(29)27-9-1-2-13(10-27)19-26-25-17-8-3-14(11-28(17)19)20(22,23)24/h3-8,11,13H,1-2,9-10,12H2. The molecule has 30 heavy (non-hydrogen) atoms. The number of likely N-dealkylation sites (tertiary alicyclic amines) is 1. The van der Waals surface area contributed by atoms with Gasteiger partial charge in [0.05, 0.1) is 5.56 Å². The number of rotatable bonds is 4. The molecule has 10 heteroatoms. The number of alkyl halides is 3. The van der Waals surface area contributed by atoms with E-state index in [4.69, 9.17) is 4.74 Å². The second-order valence-electron chi connectivity index (χ2n) is 7.12. The van der Waals surface area contributed by atoms with Gasteiger partial charge < -0.3 is 9.64 Å². The van der Waals surface area contributed by atoms with Crippen molar-refractivity contribution in [2.24, 2.45) is 0 Å². The smallest absolute Gasteiger partial charge is 0.417 e. The summed E-state index contributed by atoms with van der Waals surface area (Å²) in [6.07, 6.45) is -2.12. The highest BCUT2D eigenvalue weighted by molar-refractivity contribution is 5.78. The van der Waals surface area contributed by atoms with Crippen LogP contribution in [0.4, 0.5) is 17.6 Å². The molecular weight excluding hydrogens is 404 g/mol. The van der Waals surface area contributed by atoms with Crippen LogP contribution in [0.3, 0.4) is 0 Å². The van der Waals surface area contributed by atoms with Crippen LogP contribution in [0, 0.1) is 5.82 Å². The molecule has 3 heterocycles. The third-order valence-electron chi connectivity index (χ3n) is 5.07. The van der Waals surface area contributed by atoms with Gasteiger partial charge in [0.2, 0.25) is 0 Å². The zero-order chi connectivity index (χ0) is 21.3. The number of fused-ring (bicyclic) bond motifs is 1. The van der Waals surface area contributed by atoms with Gasteiger partial charge in [0.1, 0.15) is 17.4 Å². The van der Waals surface area contributed by atoms with Gasteiger partial charge in [-0.2, -0.15) is 13.2 Å². The topological polar surface area (TPSA) is 59.7 Å². The van der Waals surface area contributed by atoms with Crippen molar-refractivity contribution < 1.29 is 27.1 Å². The number of nitrogens with zero attached hydrogens (tertiary/aromatic N) is 4. The lowest BCUT2D eigenvalue weighted by molar-refractivity contribution is -0.138. The van der Waals surface area contributed by atoms with Gasteiger partial charge in [0.15, 0.2) is 12.3 Å². The minimum atomic E-state index is -4.47. The van der Waals surface area contributed by atoms with Crippen LogP contribution in [-0.4, -0.2) is 45.1 Å². The maximum Gasteiger partial charge on any atom is 0.417 e. The monoisotopic (exact) mass is 422 g/mol. The molecule has 3 aromatic rings. The second-order valence-corrected chi connectivity index (χ2v) is 7.12. The first-order valence-corrected chi connectivity index (χ1v) is 9.39. The molecule has 0 N–H and O–H groups in total. The lowest BCUT2D eigenvalue weighted by Gasteiger charge is -2.32. The van der Waals surface area contributed by atoms with Crippen molar-refractivity contribution in [1.82, 2.24) is 19.5 Å². The number of hydrogen-bond acceptors (Lipinski definition) is 4. The molecule has 1 atom stereocenters. The molecule has 1 aliphatic heterocycles. The van der Waals surface area contributed by atoms with E-state index in [0.717, 1.165) is 12.3 Å². The Kier molecular flexibility index (Phi) is 5.31. The summed E-state index contributed by atoms with van der Waals surface area (Å²) in [6, 6.07) is 7.59. The van der Waals surface area contributed by atoms with Crippen LogP contribution in [0.5, 0.6) is 5.75 Å². The van der Waals surface area contributed by atoms with E-state index < -0.39 is 17.6 Å².